The molecular weight excluding hydrogens is 534 g/mol. The molecular formula is C32H37F4N3O2. The molecule has 1 unspecified atom stereocenters. The molecule has 0 spiro atoms. The van der Waals surface area contributed by atoms with Gasteiger partial charge in [0.05, 0.1) is 29.1 Å². The minimum Gasteiger partial charge on any atom is -0.335 e. The third-order valence-corrected chi connectivity index (χ3v) is 8.66. The summed E-state index contributed by atoms with van der Waals surface area (Å²) in [6.45, 7) is 13.3. The van der Waals surface area contributed by atoms with Gasteiger partial charge >= 0.3 is 12.2 Å². The number of carbonyl (C=O) groups excluding carboxylic acids is 2. The van der Waals surface area contributed by atoms with Crippen LogP contribution >= 0.6 is 0 Å². The van der Waals surface area contributed by atoms with E-state index in [4.69, 9.17) is 0 Å². The van der Waals surface area contributed by atoms with Crippen molar-refractivity contribution in [1.82, 2.24) is 14.7 Å². The van der Waals surface area contributed by atoms with E-state index in [0.717, 1.165) is 17.7 Å². The van der Waals surface area contributed by atoms with E-state index in [2.05, 4.69) is 13.2 Å². The quantitative estimate of drug-likeness (QED) is 0.257. The second kappa shape index (κ2) is 11.3. The topological polar surface area (TPSA) is 43.9 Å². The number of hydrogen-bond donors (Lipinski definition) is 0. The van der Waals surface area contributed by atoms with Gasteiger partial charge in [-0.1, -0.05) is 29.8 Å². The van der Waals surface area contributed by atoms with Gasteiger partial charge in [-0.05, 0) is 81.0 Å². The van der Waals surface area contributed by atoms with E-state index in [-0.39, 0.29) is 24.5 Å². The lowest BCUT2D eigenvalue weighted by Crippen LogP contribution is -2.57. The van der Waals surface area contributed by atoms with Crippen molar-refractivity contribution in [1.29, 1.82) is 0 Å². The van der Waals surface area contributed by atoms with E-state index in [1.54, 1.807) is 57.0 Å². The van der Waals surface area contributed by atoms with Gasteiger partial charge in [0.25, 0.3) is 0 Å². The molecule has 220 valence electrons. The first-order valence-corrected chi connectivity index (χ1v) is 13.7. The Hall–Kier alpha value is -3.62. The average Bonchev–Trinajstić information content (AvgIpc) is 3.18. The molecule has 0 bridgehead atoms. The molecule has 0 N–H and O–H groups in total. The molecule has 4 rings (SSSR count). The van der Waals surface area contributed by atoms with Crippen LogP contribution in [0.2, 0.25) is 0 Å². The SMILES string of the molecule is C=CCC1(CC=C)C[C@H]2C(c3ccc(F)cc3C)N(C(=O)N(C)[C@H](C)c3cc(C)cc(C(F)(F)F)c3)CCN2C1=O. The fraction of sp³-hybridized carbons (Fsp3) is 0.438. The Balaban J connectivity index is 1.74. The van der Waals surface area contributed by atoms with E-state index < -0.39 is 35.1 Å². The molecule has 0 aliphatic carbocycles. The van der Waals surface area contributed by atoms with Crippen LogP contribution in [0.3, 0.4) is 0 Å². The number of rotatable bonds is 7. The molecule has 9 heteroatoms. The third kappa shape index (κ3) is 5.63. The molecule has 2 fully saturated rings. The Morgan fingerprint density at radius 3 is 2.37 bits per heavy atom. The Kier molecular flexibility index (Phi) is 8.39. The van der Waals surface area contributed by atoms with Crippen molar-refractivity contribution < 1.29 is 27.2 Å². The molecule has 0 saturated carbocycles. The summed E-state index contributed by atoms with van der Waals surface area (Å²) in [6, 6.07) is 6.24. The summed E-state index contributed by atoms with van der Waals surface area (Å²) >= 11 is 0. The van der Waals surface area contributed by atoms with Crippen LogP contribution in [0.25, 0.3) is 0 Å². The zero-order valence-corrected chi connectivity index (χ0v) is 24.0. The Labute approximate surface area is 239 Å². The van der Waals surface area contributed by atoms with Crippen LogP contribution in [0.5, 0.6) is 0 Å². The Morgan fingerprint density at radius 1 is 1.12 bits per heavy atom. The lowest BCUT2D eigenvalue weighted by Gasteiger charge is -2.47. The summed E-state index contributed by atoms with van der Waals surface area (Å²) in [5.41, 5.74) is 0.699. The van der Waals surface area contributed by atoms with Crippen LogP contribution in [0.4, 0.5) is 22.4 Å². The number of aryl methyl sites for hydroxylation is 2. The molecule has 2 saturated heterocycles. The van der Waals surface area contributed by atoms with Gasteiger partial charge in [0.15, 0.2) is 0 Å². The third-order valence-electron chi connectivity index (χ3n) is 8.66. The number of piperazine rings is 1. The number of halogens is 4. The zero-order chi connectivity index (χ0) is 30.3. The van der Waals surface area contributed by atoms with Crippen molar-refractivity contribution in [2.45, 2.75) is 64.3 Å². The molecule has 2 aromatic rings. The van der Waals surface area contributed by atoms with Crippen molar-refractivity contribution >= 4 is 11.9 Å². The molecule has 0 radical (unpaired) electrons. The highest BCUT2D eigenvalue weighted by Crippen LogP contribution is 2.50. The van der Waals surface area contributed by atoms with Gasteiger partial charge in [-0.3, -0.25) is 4.79 Å². The van der Waals surface area contributed by atoms with Gasteiger partial charge in [0.1, 0.15) is 5.82 Å². The lowest BCUT2D eigenvalue weighted by molar-refractivity contribution is -0.139. The second-order valence-electron chi connectivity index (χ2n) is 11.4. The number of fused-ring (bicyclic) bond motifs is 1. The highest BCUT2D eigenvalue weighted by Gasteiger charge is 2.56. The Bertz CT molecular complexity index is 1340. The first-order valence-electron chi connectivity index (χ1n) is 13.7. The number of carbonyl (C=O) groups is 2. The van der Waals surface area contributed by atoms with Gasteiger partial charge < -0.3 is 14.7 Å². The maximum atomic E-state index is 14.1. The van der Waals surface area contributed by atoms with Gasteiger partial charge in [-0.15, -0.1) is 13.2 Å². The highest BCUT2D eigenvalue weighted by atomic mass is 19.4. The smallest absolute Gasteiger partial charge is 0.335 e. The number of alkyl halides is 3. The molecule has 5 nitrogen and oxygen atoms in total. The number of urea groups is 1. The second-order valence-corrected chi connectivity index (χ2v) is 11.4. The predicted octanol–water partition coefficient (Wildman–Crippen LogP) is 7.37. The number of nitrogens with zero attached hydrogens (tertiary/aromatic N) is 3. The fourth-order valence-corrected chi connectivity index (χ4v) is 6.51. The van der Waals surface area contributed by atoms with Crippen molar-refractivity contribution in [3.05, 3.63) is 95.3 Å². The first-order chi connectivity index (χ1) is 19.2. The number of benzene rings is 2. The van der Waals surface area contributed by atoms with Crippen LogP contribution < -0.4 is 0 Å². The monoisotopic (exact) mass is 571 g/mol. The number of amides is 3. The van der Waals surface area contributed by atoms with Gasteiger partial charge in [-0.2, -0.15) is 13.2 Å². The standard InChI is InChI=1S/C32H37F4N3O2/c1-7-11-31(12-8-2)19-27-28(26-10-9-25(33)17-21(26)4)39(14-13-38(27)29(31)40)30(41)37(6)22(5)23-15-20(3)16-24(18-23)32(34,35)36/h7-10,15-18,22,27-28H,1-2,11-14,19H2,3-6H3/t22-,27+,28?/m1/s1. The maximum Gasteiger partial charge on any atom is 0.416 e. The molecule has 0 aromatic heterocycles. The molecule has 2 aliphatic rings. The van der Waals surface area contributed by atoms with E-state index >= 15 is 0 Å². The minimum atomic E-state index is -4.51. The molecule has 2 aliphatic heterocycles. The largest absolute Gasteiger partial charge is 0.416 e. The van der Waals surface area contributed by atoms with Crippen LogP contribution in [0.1, 0.15) is 66.1 Å². The van der Waals surface area contributed by atoms with E-state index in [0.29, 0.717) is 42.5 Å². The lowest BCUT2D eigenvalue weighted by atomic mass is 9.76. The van der Waals surface area contributed by atoms with Crippen molar-refractivity contribution in [3.63, 3.8) is 0 Å². The summed E-state index contributed by atoms with van der Waals surface area (Å²) < 4.78 is 54.7. The Morgan fingerprint density at radius 2 is 1.78 bits per heavy atom. The van der Waals surface area contributed by atoms with E-state index in [1.165, 1.54) is 17.0 Å². The van der Waals surface area contributed by atoms with Crippen LogP contribution in [-0.4, -0.2) is 52.8 Å². The van der Waals surface area contributed by atoms with Crippen LogP contribution in [0.15, 0.2) is 61.7 Å². The normalized spacial score (nSPS) is 20.9. The van der Waals surface area contributed by atoms with Crippen molar-refractivity contribution in [3.8, 4) is 0 Å². The van der Waals surface area contributed by atoms with E-state index in [9.17, 15) is 27.2 Å². The summed E-state index contributed by atoms with van der Waals surface area (Å²) in [5, 5.41) is 0. The van der Waals surface area contributed by atoms with Crippen LogP contribution in [0, 0.1) is 25.1 Å². The molecule has 3 amide bonds. The first kappa shape index (κ1) is 30.3. The van der Waals surface area contributed by atoms with Crippen molar-refractivity contribution in [2.75, 3.05) is 20.1 Å². The van der Waals surface area contributed by atoms with Crippen molar-refractivity contribution in [2.24, 2.45) is 5.41 Å². The number of hydrogen-bond acceptors (Lipinski definition) is 2. The summed E-state index contributed by atoms with van der Waals surface area (Å²) in [6.07, 6.45) is 0.324. The molecule has 2 aromatic carbocycles. The predicted molar refractivity (Wildman–Crippen MR) is 151 cm³/mol. The average molecular weight is 572 g/mol. The summed E-state index contributed by atoms with van der Waals surface area (Å²) in [4.78, 5) is 32.9. The zero-order valence-electron chi connectivity index (χ0n) is 24.0. The van der Waals surface area contributed by atoms with Gasteiger partial charge in [0.2, 0.25) is 5.91 Å². The molecule has 41 heavy (non-hydrogen) atoms. The van der Waals surface area contributed by atoms with Crippen LogP contribution in [-0.2, 0) is 11.0 Å². The summed E-state index contributed by atoms with van der Waals surface area (Å²) in [5.74, 6) is -0.419. The maximum absolute atomic E-state index is 14.1. The van der Waals surface area contributed by atoms with Gasteiger partial charge in [0, 0.05) is 20.1 Å². The van der Waals surface area contributed by atoms with E-state index in [1.807, 2.05) is 4.90 Å². The minimum absolute atomic E-state index is 0.0136. The number of allylic oxidation sites excluding steroid dienone is 2. The highest BCUT2D eigenvalue weighted by molar-refractivity contribution is 5.87. The fourth-order valence-electron chi connectivity index (χ4n) is 6.51. The summed E-state index contributed by atoms with van der Waals surface area (Å²) in [7, 11) is 1.57. The molecule has 3 atom stereocenters. The molecule has 2 heterocycles. The van der Waals surface area contributed by atoms with Gasteiger partial charge in [-0.25, -0.2) is 9.18 Å².